The molecule has 0 fully saturated rings. The third-order valence-corrected chi connectivity index (χ3v) is 2.41. The Morgan fingerprint density at radius 3 is 2.59 bits per heavy atom. The summed E-state index contributed by atoms with van der Waals surface area (Å²) in [6.45, 7) is 8.17. The number of aromatic nitrogens is 2. The molecule has 0 bridgehead atoms. The summed E-state index contributed by atoms with van der Waals surface area (Å²) < 4.78 is 5.66. The first-order valence-electron chi connectivity index (χ1n) is 5.70. The molecular formula is C12H19N3OS. The standard InChI is InChI=1S/C12H19N3OS/c1-7(2)5-9(4)16-12-14-8(3)6-10(15-12)11(13)17/h6-7,9H,5H2,1-4H3,(H2,13,17). The van der Waals surface area contributed by atoms with Crippen LogP contribution in [0.4, 0.5) is 0 Å². The molecular weight excluding hydrogens is 234 g/mol. The van der Waals surface area contributed by atoms with Crippen molar-refractivity contribution in [3.63, 3.8) is 0 Å². The van der Waals surface area contributed by atoms with Gasteiger partial charge in [0, 0.05) is 5.69 Å². The Hall–Kier alpha value is -1.23. The van der Waals surface area contributed by atoms with Crippen molar-refractivity contribution in [3.05, 3.63) is 17.5 Å². The molecule has 4 nitrogen and oxygen atoms in total. The number of thiocarbonyl (C=S) groups is 1. The first-order valence-corrected chi connectivity index (χ1v) is 6.11. The molecule has 17 heavy (non-hydrogen) atoms. The Morgan fingerprint density at radius 1 is 1.41 bits per heavy atom. The zero-order valence-electron chi connectivity index (χ0n) is 10.7. The van der Waals surface area contributed by atoms with Gasteiger partial charge in [-0.15, -0.1) is 0 Å². The number of aryl methyl sites for hydroxylation is 1. The molecule has 0 aliphatic rings. The predicted molar refractivity (Wildman–Crippen MR) is 72.2 cm³/mol. The highest BCUT2D eigenvalue weighted by Crippen LogP contribution is 2.13. The minimum absolute atomic E-state index is 0.0796. The number of rotatable bonds is 5. The monoisotopic (exact) mass is 253 g/mol. The van der Waals surface area contributed by atoms with Crippen molar-refractivity contribution in [1.29, 1.82) is 0 Å². The topological polar surface area (TPSA) is 61.0 Å². The molecule has 1 atom stereocenters. The molecule has 2 N–H and O–H groups in total. The number of ether oxygens (including phenoxy) is 1. The normalized spacial score (nSPS) is 12.5. The van der Waals surface area contributed by atoms with E-state index in [0.29, 0.717) is 17.6 Å². The van der Waals surface area contributed by atoms with Crippen LogP contribution in [0.15, 0.2) is 6.07 Å². The maximum absolute atomic E-state index is 5.66. The summed E-state index contributed by atoms with van der Waals surface area (Å²) in [6.07, 6.45) is 1.04. The molecule has 1 unspecified atom stereocenters. The van der Waals surface area contributed by atoms with Crippen LogP contribution in [0.1, 0.15) is 38.6 Å². The van der Waals surface area contributed by atoms with Gasteiger partial charge in [0.25, 0.3) is 0 Å². The lowest BCUT2D eigenvalue weighted by Crippen LogP contribution is -2.18. The molecule has 0 saturated heterocycles. The molecule has 0 aliphatic carbocycles. The van der Waals surface area contributed by atoms with E-state index in [0.717, 1.165) is 12.1 Å². The van der Waals surface area contributed by atoms with Gasteiger partial charge in [0.05, 0.1) is 6.10 Å². The second kappa shape index (κ2) is 5.91. The van der Waals surface area contributed by atoms with Crippen LogP contribution in [0, 0.1) is 12.8 Å². The fourth-order valence-electron chi connectivity index (χ4n) is 1.61. The Kier molecular flexibility index (Phi) is 4.81. The molecule has 0 spiro atoms. The van der Waals surface area contributed by atoms with Crippen molar-refractivity contribution in [2.24, 2.45) is 11.7 Å². The fraction of sp³-hybridized carbons (Fsp3) is 0.583. The average Bonchev–Trinajstić information content (AvgIpc) is 2.14. The van der Waals surface area contributed by atoms with Crippen molar-refractivity contribution < 1.29 is 4.74 Å². The van der Waals surface area contributed by atoms with Gasteiger partial charge in [-0.3, -0.25) is 0 Å². The van der Waals surface area contributed by atoms with Crippen LogP contribution in [0.5, 0.6) is 6.01 Å². The predicted octanol–water partition coefficient (Wildman–Crippen LogP) is 2.23. The molecule has 1 heterocycles. The minimum atomic E-state index is 0.0796. The second-order valence-corrected chi connectivity index (χ2v) is 5.04. The van der Waals surface area contributed by atoms with E-state index < -0.39 is 0 Å². The molecule has 0 saturated carbocycles. The minimum Gasteiger partial charge on any atom is -0.460 e. The van der Waals surface area contributed by atoms with Crippen LogP contribution in [-0.4, -0.2) is 21.1 Å². The van der Waals surface area contributed by atoms with E-state index in [2.05, 4.69) is 23.8 Å². The molecule has 1 aromatic rings. The van der Waals surface area contributed by atoms with Crippen molar-refractivity contribution in [3.8, 4) is 6.01 Å². The third kappa shape index (κ3) is 4.65. The van der Waals surface area contributed by atoms with E-state index in [1.54, 1.807) is 6.07 Å². The smallest absolute Gasteiger partial charge is 0.317 e. The van der Waals surface area contributed by atoms with E-state index >= 15 is 0 Å². The summed E-state index contributed by atoms with van der Waals surface area (Å²) in [7, 11) is 0. The number of nitrogens with zero attached hydrogens (tertiary/aromatic N) is 2. The van der Waals surface area contributed by atoms with Crippen LogP contribution in [0.25, 0.3) is 0 Å². The number of hydrogen-bond acceptors (Lipinski definition) is 4. The quantitative estimate of drug-likeness (QED) is 0.815. The maximum atomic E-state index is 5.66. The van der Waals surface area contributed by atoms with E-state index in [4.69, 9.17) is 22.7 Å². The third-order valence-electron chi connectivity index (χ3n) is 2.20. The van der Waals surface area contributed by atoms with Crippen LogP contribution < -0.4 is 10.5 Å². The van der Waals surface area contributed by atoms with Crippen molar-refractivity contribution in [2.45, 2.75) is 40.2 Å². The molecule has 1 rings (SSSR count). The van der Waals surface area contributed by atoms with Gasteiger partial charge in [-0.05, 0) is 32.3 Å². The Bertz CT molecular complexity index is 407. The zero-order chi connectivity index (χ0) is 13.0. The van der Waals surface area contributed by atoms with Gasteiger partial charge in [0.1, 0.15) is 10.7 Å². The van der Waals surface area contributed by atoms with E-state index in [-0.39, 0.29) is 11.1 Å². The van der Waals surface area contributed by atoms with Crippen molar-refractivity contribution in [2.75, 3.05) is 0 Å². The van der Waals surface area contributed by atoms with Crippen LogP contribution >= 0.6 is 12.2 Å². The fourth-order valence-corrected chi connectivity index (χ4v) is 1.72. The van der Waals surface area contributed by atoms with Gasteiger partial charge >= 0.3 is 6.01 Å². The number of nitrogens with two attached hydrogens (primary N) is 1. The van der Waals surface area contributed by atoms with Crippen LogP contribution in [0.2, 0.25) is 0 Å². The van der Waals surface area contributed by atoms with E-state index in [1.165, 1.54) is 0 Å². The number of hydrogen-bond donors (Lipinski definition) is 1. The highest BCUT2D eigenvalue weighted by atomic mass is 32.1. The van der Waals surface area contributed by atoms with E-state index in [1.807, 2.05) is 13.8 Å². The molecule has 0 aliphatic heterocycles. The lowest BCUT2D eigenvalue weighted by molar-refractivity contribution is 0.177. The highest BCUT2D eigenvalue weighted by molar-refractivity contribution is 7.80. The largest absolute Gasteiger partial charge is 0.460 e. The average molecular weight is 253 g/mol. The maximum Gasteiger partial charge on any atom is 0.317 e. The molecule has 1 aromatic heterocycles. The molecule has 0 radical (unpaired) electrons. The summed E-state index contributed by atoms with van der Waals surface area (Å²) >= 11 is 4.90. The summed E-state index contributed by atoms with van der Waals surface area (Å²) in [4.78, 5) is 8.66. The van der Waals surface area contributed by atoms with Gasteiger partial charge in [0.2, 0.25) is 0 Å². The second-order valence-electron chi connectivity index (χ2n) is 4.60. The Morgan fingerprint density at radius 2 is 2.06 bits per heavy atom. The van der Waals surface area contributed by atoms with Gasteiger partial charge in [0.15, 0.2) is 0 Å². The Balaban J connectivity index is 2.80. The van der Waals surface area contributed by atoms with Crippen molar-refractivity contribution in [1.82, 2.24) is 9.97 Å². The molecule has 0 amide bonds. The van der Waals surface area contributed by atoms with Gasteiger partial charge < -0.3 is 10.5 Å². The molecule has 94 valence electrons. The summed E-state index contributed by atoms with van der Waals surface area (Å²) in [6, 6.07) is 2.10. The van der Waals surface area contributed by atoms with E-state index in [9.17, 15) is 0 Å². The molecule has 5 heteroatoms. The summed E-state index contributed by atoms with van der Waals surface area (Å²) in [5.41, 5.74) is 6.90. The lowest BCUT2D eigenvalue weighted by Gasteiger charge is -2.15. The zero-order valence-corrected chi connectivity index (χ0v) is 11.5. The SMILES string of the molecule is Cc1cc(C(N)=S)nc(OC(C)CC(C)C)n1. The first-order chi connectivity index (χ1) is 7.88. The van der Waals surface area contributed by atoms with Crippen molar-refractivity contribution >= 4 is 17.2 Å². The van der Waals surface area contributed by atoms with Gasteiger partial charge in [-0.25, -0.2) is 4.98 Å². The van der Waals surface area contributed by atoms with Gasteiger partial charge in [-0.1, -0.05) is 26.1 Å². The summed E-state index contributed by atoms with van der Waals surface area (Å²) in [5, 5.41) is 0. The lowest BCUT2D eigenvalue weighted by atomic mass is 10.1. The van der Waals surface area contributed by atoms with Gasteiger partial charge in [-0.2, -0.15) is 4.98 Å². The van der Waals surface area contributed by atoms with Crippen LogP contribution in [0.3, 0.4) is 0 Å². The highest BCUT2D eigenvalue weighted by Gasteiger charge is 2.11. The molecule has 0 aromatic carbocycles. The first kappa shape index (κ1) is 13.8. The Labute approximate surface area is 108 Å². The summed E-state index contributed by atoms with van der Waals surface area (Å²) in [5.74, 6) is 0.574. The van der Waals surface area contributed by atoms with Crippen LogP contribution in [-0.2, 0) is 0 Å².